The molecule has 0 saturated heterocycles. The molecule has 0 aliphatic rings. The van der Waals surface area contributed by atoms with Crippen molar-refractivity contribution >= 4 is 41.0 Å². The van der Waals surface area contributed by atoms with Crippen molar-refractivity contribution in [1.82, 2.24) is 10.7 Å². The van der Waals surface area contributed by atoms with Gasteiger partial charge in [0.2, 0.25) is 0 Å². The fourth-order valence-electron chi connectivity index (χ4n) is 1.96. The Bertz CT molecular complexity index is 729. The fraction of sp³-hybridized carbons (Fsp3) is 0.235. The van der Waals surface area contributed by atoms with Crippen LogP contribution in [0.5, 0.6) is 0 Å². The second-order valence-corrected chi connectivity index (χ2v) is 6.43. The average Bonchev–Trinajstić information content (AvgIpc) is 3.08. The predicted molar refractivity (Wildman–Crippen MR) is 98.1 cm³/mol. The molecule has 0 unspecified atom stereocenters. The molecule has 0 fully saturated rings. The number of nitrogens with one attached hydrogen (secondary N) is 2. The highest BCUT2D eigenvalue weighted by atomic mass is 35.5. The summed E-state index contributed by atoms with van der Waals surface area (Å²) in [6, 6.07) is 8.37. The number of halogens is 1. The summed E-state index contributed by atoms with van der Waals surface area (Å²) in [7, 11) is 0. The standard InChI is InChI=1S/C17H18ClN3O2S/c1-2-3-8-19-16(22)14-7-6-12(18)10-15(14)17(23)21-20-11-13-5-4-9-24-13/h4-7,9-11H,2-3,8H2,1H3,(H,19,22)(H,21,23)/b20-11+. The van der Waals surface area contributed by atoms with Crippen LogP contribution in [-0.2, 0) is 0 Å². The van der Waals surface area contributed by atoms with E-state index in [0.29, 0.717) is 11.6 Å². The lowest BCUT2D eigenvalue weighted by Crippen LogP contribution is -2.28. The van der Waals surface area contributed by atoms with Gasteiger partial charge in [0.25, 0.3) is 11.8 Å². The van der Waals surface area contributed by atoms with Gasteiger partial charge in [-0.25, -0.2) is 5.43 Å². The Morgan fingerprint density at radius 1 is 1.25 bits per heavy atom. The highest BCUT2D eigenvalue weighted by Gasteiger charge is 2.17. The number of carbonyl (C=O) groups excluding carboxylic acids is 2. The molecular formula is C17H18ClN3O2S. The lowest BCUT2D eigenvalue weighted by molar-refractivity contribution is 0.0920. The Kier molecular flexibility index (Phi) is 6.96. The summed E-state index contributed by atoms with van der Waals surface area (Å²) >= 11 is 7.47. The van der Waals surface area contributed by atoms with Gasteiger partial charge in [-0.3, -0.25) is 9.59 Å². The van der Waals surface area contributed by atoms with Gasteiger partial charge in [-0.05, 0) is 36.1 Å². The van der Waals surface area contributed by atoms with Crippen molar-refractivity contribution in [3.05, 3.63) is 56.7 Å². The molecule has 1 aromatic carbocycles. The normalized spacial score (nSPS) is 10.8. The average molecular weight is 364 g/mol. The Balaban J connectivity index is 2.10. The number of nitrogens with zero attached hydrogens (tertiary/aromatic N) is 1. The van der Waals surface area contributed by atoms with Crippen molar-refractivity contribution < 1.29 is 9.59 Å². The molecule has 0 aliphatic heterocycles. The third-order valence-electron chi connectivity index (χ3n) is 3.19. The SMILES string of the molecule is CCCCNC(=O)c1ccc(Cl)cc1C(=O)N/N=C/c1cccs1. The van der Waals surface area contributed by atoms with E-state index in [1.54, 1.807) is 18.3 Å². The molecule has 2 rings (SSSR count). The maximum absolute atomic E-state index is 12.3. The number of hydrogen-bond acceptors (Lipinski definition) is 4. The first-order chi connectivity index (χ1) is 11.6. The van der Waals surface area contributed by atoms with Gasteiger partial charge < -0.3 is 5.32 Å². The van der Waals surface area contributed by atoms with E-state index in [0.717, 1.165) is 17.7 Å². The molecule has 1 aromatic heterocycles. The molecule has 24 heavy (non-hydrogen) atoms. The highest BCUT2D eigenvalue weighted by molar-refractivity contribution is 7.11. The second kappa shape index (κ2) is 9.20. The van der Waals surface area contributed by atoms with Crippen LogP contribution in [0, 0.1) is 0 Å². The zero-order valence-electron chi connectivity index (χ0n) is 13.2. The van der Waals surface area contributed by atoms with Crippen molar-refractivity contribution in [3.63, 3.8) is 0 Å². The van der Waals surface area contributed by atoms with Crippen LogP contribution >= 0.6 is 22.9 Å². The molecule has 0 aliphatic carbocycles. The summed E-state index contributed by atoms with van der Waals surface area (Å²) in [4.78, 5) is 25.5. The van der Waals surface area contributed by atoms with Gasteiger partial charge in [0.05, 0.1) is 17.3 Å². The van der Waals surface area contributed by atoms with E-state index < -0.39 is 5.91 Å². The maximum atomic E-state index is 12.3. The van der Waals surface area contributed by atoms with Gasteiger partial charge in [-0.1, -0.05) is 31.0 Å². The van der Waals surface area contributed by atoms with Gasteiger partial charge in [0, 0.05) is 16.4 Å². The number of unbranched alkanes of at least 4 members (excludes halogenated alkanes) is 1. The topological polar surface area (TPSA) is 70.6 Å². The van der Waals surface area contributed by atoms with Crippen LogP contribution < -0.4 is 10.7 Å². The first-order valence-corrected chi connectivity index (χ1v) is 8.82. The van der Waals surface area contributed by atoms with Gasteiger partial charge in [0.1, 0.15) is 0 Å². The molecule has 0 radical (unpaired) electrons. The van der Waals surface area contributed by atoms with E-state index in [1.807, 2.05) is 24.4 Å². The molecular weight excluding hydrogens is 346 g/mol. The van der Waals surface area contributed by atoms with Crippen LogP contribution in [0.4, 0.5) is 0 Å². The largest absolute Gasteiger partial charge is 0.352 e. The maximum Gasteiger partial charge on any atom is 0.272 e. The summed E-state index contributed by atoms with van der Waals surface area (Å²) in [5.74, 6) is -0.779. The summed E-state index contributed by atoms with van der Waals surface area (Å²) < 4.78 is 0. The number of amides is 2. The van der Waals surface area contributed by atoms with Gasteiger partial charge in [-0.15, -0.1) is 11.3 Å². The van der Waals surface area contributed by atoms with Crippen molar-refractivity contribution in [2.45, 2.75) is 19.8 Å². The lowest BCUT2D eigenvalue weighted by atomic mass is 10.1. The molecule has 0 bridgehead atoms. The monoisotopic (exact) mass is 363 g/mol. The molecule has 7 heteroatoms. The Morgan fingerprint density at radius 2 is 2.08 bits per heavy atom. The smallest absolute Gasteiger partial charge is 0.272 e. The Hall–Kier alpha value is -2.18. The molecule has 5 nitrogen and oxygen atoms in total. The molecule has 1 heterocycles. The molecule has 0 spiro atoms. The minimum atomic E-state index is -0.481. The van der Waals surface area contributed by atoms with Gasteiger partial charge in [0.15, 0.2) is 0 Å². The fourth-order valence-corrected chi connectivity index (χ4v) is 2.71. The highest BCUT2D eigenvalue weighted by Crippen LogP contribution is 2.16. The zero-order chi connectivity index (χ0) is 17.4. The van der Waals surface area contributed by atoms with Crippen molar-refractivity contribution in [1.29, 1.82) is 0 Å². The zero-order valence-corrected chi connectivity index (χ0v) is 14.8. The van der Waals surface area contributed by atoms with E-state index in [2.05, 4.69) is 15.8 Å². The third kappa shape index (κ3) is 5.18. The second-order valence-electron chi connectivity index (χ2n) is 5.01. The van der Waals surface area contributed by atoms with Gasteiger partial charge in [-0.2, -0.15) is 5.10 Å². The van der Waals surface area contributed by atoms with Crippen LogP contribution in [0.25, 0.3) is 0 Å². The molecule has 126 valence electrons. The van der Waals surface area contributed by atoms with Crippen LogP contribution in [-0.4, -0.2) is 24.6 Å². The van der Waals surface area contributed by atoms with E-state index in [-0.39, 0.29) is 17.0 Å². The van der Waals surface area contributed by atoms with Crippen LogP contribution in [0.1, 0.15) is 45.4 Å². The minimum absolute atomic E-state index is 0.194. The quantitative estimate of drug-likeness (QED) is 0.447. The third-order valence-corrected chi connectivity index (χ3v) is 4.23. The number of hydrogen-bond donors (Lipinski definition) is 2. The van der Waals surface area contributed by atoms with Crippen LogP contribution in [0.3, 0.4) is 0 Å². The lowest BCUT2D eigenvalue weighted by Gasteiger charge is -2.09. The molecule has 2 N–H and O–H groups in total. The van der Waals surface area contributed by atoms with Crippen molar-refractivity contribution in [3.8, 4) is 0 Å². The molecule has 0 saturated carbocycles. The molecule has 2 amide bonds. The Labute approximate surface area is 149 Å². The van der Waals surface area contributed by atoms with Crippen molar-refractivity contribution in [2.24, 2.45) is 5.10 Å². The van der Waals surface area contributed by atoms with Crippen molar-refractivity contribution in [2.75, 3.05) is 6.54 Å². The number of hydrazone groups is 1. The first kappa shape index (κ1) is 18.2. The van der Waals surface area contributed by atoms with E-state index in [9.17, 15) is 9.59 Å². The summed E-state index contributed by atoms with van der Waals surface area (Å²) in [5.41, 5.74) is 2.90. The summed E-state index contributed by atoms with van der Waals surface area (Å²) in [6.45, 7) is 2.61. The van der Waals surface area contributed by atoms with Gasteiger partial charge >= 0.3 is 0 Å². The van der Waals surface area contributed by atoms with E-state index >= 15 is 0 Å². The molecule has 2 aromatic rings. The summed E-state index contributed by atoms with van der Waals surface area (Å²) in [6.07, 6.45) is 3.41. The minimum Gasteiger partial charge on any atom is -0.352 e. The number of thiophene rings is 1. The number of rotatable bonds is 7. The number of benzene rings is 1. The van der Waals surface area contributed by atoms with E-state index in [1.165, 1.54) is 17.4 Å². The molecule has 0 atom stereocenters. The van der Waals surface area contributed by atoms with E-state index in [4.69, 9.17) is 11.6 Å². The van der Waals surface area contributed by atoms with Crippen LogP contribution in [0.2, 0.25) is 5.02 Å². The van der Waals surface area contributed by atoms with Crippen LogP contribution in [0.15, 0.2) is 40.8 Å². The first-order valence-electron chi connectivity index (χ1n) is 7.56. The Morgan fingerprint density at radius 3 is 2.79 bits per heavy atom. The number of carbonyl (C=O) groups is 2. The summed E-state index contributed by atoms with van der Waals surface area (Å²) in [5, 5.41) is 9.00. The predicted octanol–water partition coefficient (Wildman–Crippen LogP) is 3.70.